The van der Waals surface area contributed by atoms with Crippen molar-refractivity contribution in [2.75, 3.05) is 0 Å². The first kappa shape index (κ1) is 23.4. The minimum Gasteiger partial charge on any atom is -0.392 e. The molecule has 2 N–H and O–H groups in total. The van der Waals surface area contributed by atoms with Crippen molar-refractivity contribution in [1.82, 2.24) is 0 Å². The van der Waals surface area contributed by atoms with Gasteiger partial charge >= 0.3 is 0 Å². The second kappa shape index (κ2) is 6.87. The molecule has 5 aliphatic rings. The number of rotatable bonds is 1. The van der Waals surface area contributed by atoms with Crippen LogP contribution in [0.15, 0.2) is 12.2 Å². The molecule has 1 unspecified atom stereocenters. The maximum absolute atomic E-state index is 11.5. The molecular weight excluding hydrogens is 392 g/mol. The normalized spacial score (nSPS) is 58.8. The van der Waals surface area contributed by atoms with Gasteiger partial charge in [0.2, 0.25) is 0 Å². The zero-order chi connectivity index (χ0) is 23.5. The van der Waals surface area contributed by atoms with Crippen LogP contribution in [-0.2, 0) is 0 Å². The molecule has 0 aliphatic heterocycles. The van der Waals surface area contributed by atoms with Crippen molar-refractivity contribution in [3.8, 4) is 0 Å². The fourth-order valence-corrected chi connectivity index (χ4v) is 11.4. The fraction of sp³-hybridized carbons (Fsp3) is 0.933. The number of hydrogen-bond acceptors (Lipinski definition) is 2. The van der Waals surface area contributed by atoms with E-state index in [2.05, 4.69) is 55.0 Å². The molecule has 0 aromatic heterocycles. The van der Waals surface area contributed by atoms with Gasteiger partial charge in [0, 0.05) is 11.8 Å². The van der Waals surface area contributed by atoms with Crippen molar-refractivity contribution in [2.45, 2.75) is 118 Å². The van der Waals surface area contributed by atoms with Gasteiger partial charge in [-0.25, -0.2) is 0 Å². The van der Waals surface area contributed by atoms with Gasteiger partial charge in [-0.3, -0.25) is 0 Å². The van der Waals surface area contributed by atoms with Crippen LogP contribution in [0.4, 0.5) is 0 Å². The van der Waals surface area contributed by atoms with E-state index in [0.717, 1.165) is 18.3 Å². The Labute approximate surface area is 197 Å². The summed E-state index contributed by atoms with van der Waals surface area (Å²) in [5, 5.41) is 22.4. The van der Waals surface area contributed by atoms with Crippen molar-refractivity contribution < 1.29 is 10.2 Å². The third-order valence-electron chi connectivity index (χ3n) is 13.6. The second-order valence-corrected chi connectivity index (χ2v) is 14.8. The van der Waals surface area contributed by atoms with E-state index in [1.54, 1.807) is 0 Å². The third-order valence-corrected chi connectivity index (χ3v) is 13.6. The zero-order valence-electron chi connectivity index (χ0n) is 22.0. The first-order valence-electron chi connectivity index (χ1n) is 13.7. The summed E-state index contributed by atoms with van der Waals surface area (Å²) in [7, 11) is 0. The Kier molecular flexibility index (Phi) is 5.02. The molecule has 0 aromatic rings. The van der Waals surface area contributed by atoms with Crippen LogP contribution in [0.5, 0.6) is 0 Å². The van der Waals surface area contributed by atoms with Gasteiger partial charge in [-0.2, -0.15) is 0 Å². The maximum Gasteiger partial charge on any atom is 0.0624 e. The summed E-state index contributed by atoms with van der Waals surface area (Å²) in [6, 6.07) is 0. The molecule has 5 fully saturated rings. The quantitative estimate of drug-likeness (QED) is 0.429. The minimum atomic E-state index is -0.392. The van der Waals surface area contributed by atoms with Crippen LogP contribution < -0.4 is 0 Å². The summed E-state index contributed by atoms with van der Waals surface area (Å²) in [5.41, 5.74) is 2.32. The molecule has 0 bridgehead atoms. The van der Waals surface area contributed by atoms with E-state index in [1.807, 2.05) is 0 Å². The summed E-state index contributed by atoms with van der Waals surface area (Å²) in [6.45, 7) is 21.6. The van der Waals surface area contributed by atoms with Gasteiger partial charge in [-0.15, -0.1) is 0 Å². The van der Waals surface area contributed by atoms with Crippen LogP contribution in [-0.4, -0.2) is 22.4 Å². The molecule has 5 rings (SSSR count). The summed E-state index contributed by atoms with van der Waals surface area (Å²) >= 11 is 0. The van der Waals surface area contributed by atoms with Gasteiger partial charge in [-0.05, 0) is 110 Å². The smallest absolute Gasteiger partial charge is 0.0624 e. The van der Waals surface area contributed by atoms with Crippen LogP contribution in [0.3, 0.4) is 0 Å². The van der Waals surface area contributed by atoms with Crippen LogP contribution in [0.25, 0.3) is 0 Å². The lowest BCUT2D eigenvalue weighted by Crippen LogP contribution is -2.69. The lowest BCUT2D eigenvalue weighted by atomic mass is 9.32. The van der Waals surface area contributed by atoms with Gasteiger partial charge in [0.15, 0.2) is 0 Å². The van der Waals surface area contributed by atoms with Crippen LogP contribution >= 0.6 is 0 Å². The fourth-order valence-electron chi connectivity index (χ4n) is 11.4. The Hall–Kier alpha value is -0.340. The lowest BCUT2D eigenvalue weighted by Gasteiger charge is -2.73. The molecule has 32 heavy (non-hydrogen) atoms. The largest absolute Gasteiger partial charge is 0.392 e. The molecule has 2 nitrogen and oxygen atoms in total. The first-order valence-corrected chi connectivity index (χ1v) is 13.7. The van der Waals surface area contributed by atoms with Crippen molar-refractivity contribution in [3.05, 3.63) is 12.2 Å². The summed E-state index contributed by atoms with van der Waals surface area (Å²) in [5.74, 6) is 3.22. The average Bonchev–Trinajstić information content (AvgIpc) is 3.05. The van der Waals surface area contributed by atoms with E-state index in [-0.39, 0.29) is 22.3 Å². The molecule has 0 aromatic carbocycles. The molecule has 0 amide bonds. The van der Waals surface area contributed by atoms with E-state index in [9.17, 15) is 10.2 Å². The first-order chi connectivity index (χ1) is 14.7. The van der Waals surface area contributed by atoms with Crippen LogP contribution in [0, 0.1) is 56.7 Å². The average molecular weight is 443 g/mol. The van der Waals surface area contributed by atoms with E-state index < -0.39 is 6.10 Å². The Bertz CT molecular complexity index is 801. The van der Waals surface area contributed by atoms with Gasteiger partial charge < -0.3 is 10.2 Å². The molecular formula is C30H50O2. The molecule has 0 heterocycles. The summed E-state index contributed by atoms with van der Waals surface area (Å²) < 4.78 is 0. The van der Waals surface area contributed by atoms with E-state index in [4.69, 9.17) is 0 Å². The Morgan fingerprint density at radius 1 is 0.750 bits per heavy atom. The number of fused-ring (bicyclic) bond motifs is 7. The molecule has 11 atom stereocenters. The Balaban J connectivity index is 1.57. The molecule has 0 spiro atoms. The molecule has 5 saturated carbocycles. The lowest BCUT2D eigenvalue weighted by molar-refractivity contribution is -0.273. The highest BCUT2D eigenvalue weighted by molar-refractivity contribution is 5.22. The second-order valence-electron chi connectivity index (χ2n) is 14.8. The highest BCUT2D eigenvalue weighted by Crippen LogP contribution is 2.77. The molecule has 182 valence electrons. The molecule has 0 saturated heterocycles. The number of aliphatic hydroxyl groups excluding tert-OH is 2. The topological polar surface area (TPSA) is 40.5 Å². The summed E-state index contributed by atoms with van der Waals surface area (Å²) in [4.78, 5) is 0. The van der Waals surface area contributed by atoms with Crippen molar-refractivity contribution >= 4 is 0 Å². The Morgan fingerprint density at radius 3 is 2.09 bits per heavy atom. The molecule has 0 radical (unpaired) electrons. The van der Waals surface area contributed by atoms with E-state index in [0.29, 0.717) is 35.0 Å². The van der Waals surface area contributed by atoms with Gasteiger partial charge in [0.25, 0.3) is 0 Å². The maximum atomic E-state index is 11.5. The van der Waals surface area contributed by atoms with Gasteiger partial charge in [0.1, 0.15) is 0 Å². The Morgan fingerprint density at radius 2 is 1.44 bits per heavy atom. The van der Waals surface area contributed by atoms with E-state index >= 15 is 0 Å². The number of hydrogen-bond donors (Lipinski definition) is 2. The van der Waals surface area contributed by atoms with Crippen molar-refractivity contribution in [1.29, 1.82) is 0 Å². The van der Waals surface area contributed by atoms with Crippen molar-refractivity contribution in [3.63, 3.8) is 0 Å². The number of aliphatic hydroxyl groups is 2. The van der Waals surface area contributed by atoms with Crippen LogP contribution in [0.1, 0.15) is 106 Å². The summed E-state index contributed by atoms with van der Waals surface area (Å²) in [6.07, 6.45) is 10.2. The standard InChI is InChI=1S/C30H50O2/c1-18(2)19-11-13-27(5)15-16-28(6)20(25(19)27)9-10-22-29(28,7)14-12-21-26(3,4)23(31)17-24(32)30(21,22)8/h19-25,31-32H,1,9-17H2,2-8H3/t19-,20+,21+,22+,23-,24?,25+,27+,28+,29+,30-/m0/s1. The molecule has 2 heteroatoms. The highest BCUT2D eigenvalue weighted by atomic mass is 16.3. The molecule has 5 aliphatic carbocycles. The zero-order valence-corrected chi connectivity index (χ0v) is 22.0. The predicted molar refractivity (Wildman–Crippen MR) is 132 cm³/mol. The van der Waals surface area contributed by atoms with Gasteiger partial charge in [-0.1, -0.05) is 53.7 Å². The minimum absolute atomic E-state index is 0.0894. The van der Waals surface area contributed by atoms with Crippen LogP contribution in [0.2, 0.25) is 0 Å². The number of allylic oxidation sites excluding steroid dienone is 1. The SMILES string of the molecule is C=C(C)[C@@H]1CC[C@]2(C)CC[C@]3(C)[C@H](CC[C@H]4[C@@]5(C)C(O)C[C@H](O)C(C)(C)[C@H]5CC[C@]43C)[C@@H]12. The predicted octanol–water partition coefficient (Wildman–Crippen LogP) is 7.00. The monoisotopic (exact) mass is 442 g/mol. The third kappa shape index (κ3) is 2.61. The van der Waals surface area contributed by atoms with Gasteiger partial charge in [0.05, 0.1) is 12.2 Å². The van der Waals surface area contributed by atoms with Crippen molar-refractivity contribution in [2.24, 2.45) is 56.7 Å². The van der Waals surface area contributed by atoms with E-state index in [1.165, 1.54) is 50.5 Å². The highest BCUT2D eigenvalue weighted by Gasteiger charge is 2.71.